The zero-order chi connectivity index (χ0) is 16.2. The maximum atomic E-state index is 12.4. The number of benzene rings is 1. The second kappa shape index (κ2) is 6.43. The third-order valence-electron chi connectivity index (χ3n) is 3.91. The molecule has 1 amide bonds. The molecule has 0 bridgehead atoms. The van der Waals surface area contributed by atoms with E-state index in [0.717, 1.165) is 0 Å². The van der Waals surface area contributed by atoms with Crippen LogP contribution in [0.15, 0.2) is 48.8 Å². The third kappa shape index (κ3) is 3.13. The van der Waals surface area contributed by atoms with Crippen LogP contribution in [0.2, 0.25) is 0 Å². The number of hydrogen-bond acceptors (Lipinski definition) is 5. The van der Waals surface area contributed by atoms with Gasteiger partial charge in [0.1, 0.15) is 5.69 Å². The van der Waals surface area contributed by atoms with Crippen molar-refractivity contribution in [1.82, 2.24) is 9.88 Å². The van der Waals surface area contributed by atoms with Crippen LogP contribution in [-0.2, 0) is 0 Å². The summed E-state index contributed by atoms with van der Waals surface area (Å²) in [5.41, 5.74) is 1.31. The number of aromatic nitrogens is 1. The van der Waals surface area contributed by atoms with Crippen LogP contribution in [0.3, 0.4) is 0 Å². The lowest BCUT2D eigenvalue weighted by molar-refractivity contribution is -0.384. The highest BCUT2D eigenvalue weighted by molar-refractivity contribution is 5.94. The molecule has 7 nitrogen and oxygen atoms in total. The van der Waals surface area contributed by atoms with Gasteiger partial charge in [-0.2, -0.15) is 0 Å². The quantitative estimate of drug-likeness (QED) is 0.639. The van der Waals surface area contributed by atoms with Crippen LogP contribution in [0.1, 0.15) is 10.4 Å². The minimum atomic E-state index is -0.371. The number of piperazine rings is 1. The fraction of sp³-hybridized carbons (Fsp3) is 0.250. The molecule has 118 valence electrons. The Hall–Kier alpha value is -2.96. The Bertz CT molecular complexity index is 712. The summed E-state index contributed by atoms with van der Waals surface area (Å²) in [6.07, 6.45) is 3.19. The Labute approximate surface area is 133 Å². The normalized spacial score (nSPS) is 14.6. The molecule has 23 heavy (non-hydrogen) atoms. The Balaban J connectivity index is 1.70. The van der Waals surface area contributed by atoms with Crippen molar-refractivity contribution >= 4 is 17.3 Å². The molecule has 1 fully saturated rings. The van der Waals surface area contributed by atoms with Crippen LogP contribution < -0.4 is 4.90 Å². The monoisotopic (exact) mass is 312 g/mol. The van der Waals surface area contributed by atoms with E-state index in [9.17, 15) is 14.9 Å². The number of amides is 1. The van der Waals surface area contributed by atoms with Crippen molar-refractivity contribution < 1.29 is 9.72 Å². The van der Waals surface area contributed by atoms with Gasteiger partial charge in [-0.05, 0) is 18.2 Å². The molecule has 3 rings (SSSR count). The average Bonchev–Trinajstić information content (AvgIpc) is 2.62. The first-order valence-corrected chi connectivity index (χ1v) is 7.34. The summed E-state index contributed by atoms with van der Waals surface area (Å²) < 4.78 is 0. The summed E-state index contributed by atoms with van der Waals surface area (Å²) in [6, 6.07) is 10.1. The highest BCUT2D eigenvalue weighted by Gasteiger charge is 2.25. The van der Waals surface area contributed by atoms with Gasteiger partial charge < -0.3 is 9.80 Å². The largest absolute Gasteiger partial charge is 0.362 e. The molecule has 0 atom stereocenters. The summed E-state index contributed by atoms with van der Waals surface area (Å²) in [5.74, 6) is -0.0328. The van der Waals surface area contributed by atoms with Gasteiger partial charge in [0.2, 0.25) is 0 Å². The lowest BCUT2D eigenvalue weighted by Gasteiger charge is -2.35. The van der Waals surface area contributed by atoms with Crippen molar-refractivity contribution in [3.8, 4) is 0 Å². The SMILES string of the molecule is O=C(c1ccncc1)N1CCN(c2ccccc2[N+](=O)[O-])CC1. The van der Waals surface area contributed by atoms with E-state index in [4.69, 9.17) is 0 Å². The first-order chi connectivity index (χ1) is 11.2. The van der Waals surface area contributed by atoms with Gasteiger partial charge in [0, 0.05) is 50.2 Å². The molecule has 1 aromatic carbocycles. The topological polar surface area (TPSA) is 79.6 Å². The van der Waals surface area contributed by atoms with Gasteiger partial charge in [0.05, 0.1) is 4.92 Å². The van der Waals surface area contributed by atoms with Crippen molar-refractivity contribution in [3.63, 3.8) is 0 Å². The van der Waals surface area contributed by atoms with Crippen LogP contribution in [0.4, 0.5) is 11.4 Å². The van der Waals surface area contributed by atoms with Crippen LogP contribution in [-0.4, -0.2) is 46.9 Å². The van der Waals surface area contributed by atoms with E-state index in [0.29, 0.717) is 37.4 Å². The molecule has 0 aliphatic carbocycles. The molecule has 0 saturated carbocycles. The van der Waals surface area contributed by atoms with Crippen molar-refractivity contribution in [3.05, 3.63) is 64.5 Å². The van der Waals surface area contributed by atoms with Gasteiger partial charge >= 0.3 is 0 Å². The summed E-state index contributed by atoms with van der Waals surface area (Å²) in [5, 5.41) is 11.1. The molecule has 0 radical (unpaired) electrons. The molecular weight excluding hydrogens is 296 g/mol. The number of nitro groups is 1. The molecule has 2 heterocycles. The summed E-state index contributed by atoms with van der Waals surface area (Å²) in [6.45, 7) is 2.21. The van der Waals surface area contributed by atoms with E-state index < -0.39 is 0 Å². The Morgan fingerprint density at radius 3 is 2.35 bits per heavy atom. The number of carbonyl (C=O) groups excluding carboxylic acids is 1. The molecule has 0 spiro atoms. The highest BCUT2D eigenvalue weighted by Crippen LogP contribution is 2.28. The molecule has 1 aliphatic rings. The minimum Gasteiger partial charge on any atom is -0.362 e. The molecule has 7 heteroatoms. The number of hydrogen-bond donors (Lipinski definition) is 0. The molecular formula is C16H16N4O3. The van der Waals surface area contributed by atoms with Crippen molar-refractivity contribution in [1.29, 1.82) is 0 Å². The standard InChI is InChI=1S/C16H16N4O3/c21-16(13-5-7-17-8-6-13)19-11-9-18(10-12-19)14-3-1-2-4-15(14)20(22)23/h1-8H,9-12H2. The molecule has 1 aromatic heterocycles. The van der Waals surface area contributed by atoms with Crippen LogP contribution in [0, 0.1) is 10.1 Å². The minimum absolute atomic E-state index is 0.0328. The number of anilines is 1. The summed E-state index contributed by atoms with van der Waals surface area (Å²) in [4.78, 5) is 30.8. The number of rotatable bonds is 3. The number of para-hydroxylation sites is 2. The Morgan fingerprint density at radius 2 is 1.70 bits per heavy atom. The fourth-order valence-corrected chi connectivity index (χ4v) is 2.71. The first kappa shape index (κ1) is 15.0. The number of pyridine rings is 1. The van der Waals surface area contributed by atoms with E-state index in [1.807, 2.05) is 4.90 Å². The molecule has 1 saturated heterocycles. The maximum Gasteiger partial charge on any atom is 0.292 e. The predicted octanol–water partition coefficient (Wildman–Crippen LogP) is 1.95. The second-order valence-corrected chi connectivity index (χ2v) is 5.26. The fourth-order valence-electron chi connectivity index (χ4n) is 2.71. The van der Waals surface area contributed by atoms with Gasteiger partial charge in [-0.3, -0.25) is 19.9 Å². The third-order valence-corrected chi connectivity index (χ3v) is 3.91. The van der Waals surface area contributed by atoms with E-state index in [1.54, 1.807) is 47.6 Å². The Kier molecular flexibility index (Phi) is 4.18. The number of carbonyl (C=O) groups is 1. The summed E-state index contributed by atoms with van der Waals surface area (Å²) >= 11 is 0. The van der Waals surface area contributed by atoms with Crippen LogP contribution in [0.25, 0.3) is 0 Å². The highest BCUT2D eigenvalue weighted by atomic mass is 16.6. The van der Waals surface area contributed by atoms with E-state index in [-0.39, 0.29) is 16.5 Å². The van der Waals surface area contributed by atoms with Crippen molar-refractivity contribution in [2.75, 3.05) is 31.1 Å². The van der Waals surface area contributed by atoms with Gasteiger partial charge in [0.15, 0.2) is 0 Å². The first-order valence-electron chi connectivity index (χ1n) is 7.34. The van der Waals surface area contributed by atoms with E-state index in [2.05, 4.69) is 4.98 Å². The van der Waals surface area contributed by atoms with Crippen LogP contribution >= 0.6 is 0 Å². The smallest absolute Gasteiger partial charge is 0.292 e. The van der Waals surface area contributed by atoms with Gasteiger partial charge in [-0.15, -0.1) is 0 Å². The zero-order valence-electron chi connectivity index (χ0n) is 12.5. The van der Waals surface area contributed by atoms with Crippen LogP contribution in [0.5, 0.6) is 0 Å². The molecule has 1 aliphatic heterocycles. The van der Waals surface area contributed by atoms with Crippen molar-refractivity contribution in [2.24, 2.45) is 0 Å². The zero-order valence-corrected chi connectivity index (χ0v) is 12.5. The van der Waals surface area contributed by atoms with Gasteiger partial charge in [-0.1, -0.05) is 12.1 Å². The van der Waals surface area contributed by atoms with Gasteiger partial charge in [0.25, 0.3) is 11.6 Å². The molecule has 2 aromatic rings. The lowest BCUT2D eigenvalue weighted by Crippen LogP contribution is -2.48. The van der Waals surface area contributed by atoms with Gasteiger partial charge in [-0.25, -0.2) is 0 Å². The maximum absolute atomic E-state index is 12.4. The lowest BCUT2D eigenvalue weighted by atomic mass is 10.2. The summed E-state index contributed by atoms with van der Waals surface area (Å²) in [7, 11) is 0. The van der Waals surface area contributed by atoms with E-state index in [1.165, 1.54) is 6.07 Å². The second-order valence-electron chi connectivity index (χ2n) is 5.26. The Morgan fingerprint density at radius 1 is 1.04 bits per heavy atom. The molecule has 0 N–H and O–H groups in total. The van der Waals surface area contributed by atoms with Crippen molar-refractivity contribution in [2.45, 2.75) is 0 Å². The number of nitro benzene ring substituents is 1. The molecule has 0 unspecified atom stereocenters. The van der Waals surface area contributed by atoms with E-state index >= 15 is 0 Å². The average molecular weight is 312 g/mol. The predicted molar refractivity (Wildman–Crippen MR) is 85.4 cm³/mol. The number of nitrogens with zero attached hydrogens (tertiary/aromatic N) is 4.